The largest absolute Gasteiger partial charge is 0.503 e. The van der Waals surface area contributed by atoms with Crippen molar-refractivity contribution in [3.8, 4) is 11.5 Å². The Labute approximate surface area is 132 Å². The molecule has 0 bridgehead atoms. The maximum Gasteiger partial charge on any atom is 0.176 e. The first-order chi connectivity index (χ1) is 9.51. The highest BCUT2D eigenvalue weighted by Gasteiger charge is 2.09. The van der Waals surface area contributed by atoms with E-state index in [0.717, 1.165) is 11.3 Å². The lowest BCUT2D eigenvalue weighted by Gasteiger charge is -2.11. The van der Waals surface area contributed by atoms with Gasteiger partial charge in [-0.05, 0) is 35.9 Å². The molecule has 20 heavy (non-hydrogen) atoms. The van der Waals surface area contributed by atoms with Gasteiger partial charge in [-0.2, -0.15) is 0 Å². The summed E-state index contributed by atoms with van der Waals surface area (Å²) in [5, 5.41) is 14.2. The minimum Gasteiger partial charge on any atom is -0.503 e. The van der Waals surface area contributed by atoms with Crippen LogP contribution < -0.4 is 10.1 Å². The molecule has 0 amide bonds. The molecule has 2 rings (SSSR count). The van der Waals surface area contributed by atoms with Crippen molar-refractivity contribution >= 4 is 40.5 Å². The van der Waals surface area contributed by atoms with Gasteiger partial charge >= 0.3 is 0 Å². The number of benzene rings is 2. The summed E-state index contributed by atoms with van der Waals surface area (Å²) in [5.41, 5.74) is 1.62. The number of halogens is 3. The Morgan fingerprint density at radius 1 is 1.10 bits per heavy atom. The van der Waals surface area contributed by atoms with E-state index in [1.54, 1.807) is 30.3 Å². The zero-order valence-electron chi connectivity index (χ0n) is 10.6. The molecule has 0 spiro atoms. The van der Waals surface area contributed by atoms with Crippen LogP contribution in [-0.2, 0) is 6.54 Å². The first kappa shape index (κ1) is 15.1. The quantitative estimate of drug-likeness (QED) is 0.830. The van der Waals surface area contributed by atoms with Crippen LogP contribution in [0.25, 0.3) is 0 Å². The normalized spacial score (nSPS) is 10.4. The highest BCUT2D eigenvalue weighted by atomic mass is 35.5. The molecular formula is C14H12Cl3NO2. The number of anilines is 1. The molecule has 0 radical (unpaired) electrons. The lowest BCUT2D eigenvalue weighted by atomic mass is 10.2. The van der Waals surface area contributed by atoms with Crippen molar-refractivity contribution in [1.82, 2.24) is 0 Å². The van der Waals surface area contributed by atoms with E-state index < -0.39 is 0 Å². The highest BCUT2D eigenvalue weighted by molar-refractivity contribution is 6.36. The van der Waals surface area contributed by atoms with Crippen molar-refractivity contribution in [2.75, 3.05) is 12.4 Å². The Hall–Kier alpha value is -1.29. The topological polar surface area (TPSA) is 41.5 Å². The zero-order chi connectivity index (χ0) is 14.7. The predicted molar refractivity (Wildman–Crippen MR) is 83.5 cm³/mol. The second-order valence-corrected chi connectivity index (χ2v) is 5.36. The average molecular weight is 333 g/mol. The Balaban J connectivity index is 2.16. The smallest absolute Gasteiger partial charge is 0.176 e. The lowest BCUT2D eigenvalue weighted by molar-refractivity contribution is 0.373. The third-order valence-corrected chi connectivity index (χ3v) is 3.56. The van der Waals surface area contributed by atoms with E-state index in [2.05, 4.69) is 5.32 Å². The van der Waals surface area contributed by atoms with Gasteiger partial charge in [-0.3, -0.25) is 0 Å². The van der Waals surface area contributed by atoms with Crippen molar-refractivity contribution in [3.05, 3.63) is 51.0 Å². The first-order valence-electron chi connectivity index (χ1n) is 5.75. The molecule has 0 aliphatic heterocycles. The van der Waals surface area contributed by atoms with Crippen LogP contribution in [0.3, 0.4) is 0 Å². The van der Waals surface area contributed by atoms with Crippen LogP contribution in [0.5, 0.6) is 11.5 Å². The van der Waals surface area contributed by atoms with Gasteiger partial charge in [0.05, 0.1) is 22.8 Å². The van der Waals surface area contributed by atoms with E-state index in [1.165, 1.54) is 7.11 Å². The van der Waals surface area contributed by atoms with E-state index in [1.807, 2.05) is 0 Å². The number of hydrogen-bond acceptors (Lipinski definition) is 3. The standard InChI is InChI=1S/C14H12Cl3NO2/c1-20-13-5-8(4-11(17)14(13)19)7-18-12-3-2-9(15)6-10(12)16/h2-6,18-19H,7H2,1H3. The number of rotatable bonds is 4. The van der Waals surface area contributed by atoms with Crippen LogP contribution in [0.2, 0.25) is 15.1 Å². The molecular weight excluding hydrogens is 321 g/mol. The number of ether oxygens (including phenoxy) is 1. The van der Waals surface area contributed by atoms with Crippen molar-refractivity contribution in [3.63, 3.8) is 0 Å². The third-order valence-electron chi connectivity index (χ3n) is 2.72. The van der Waals surface area contributed by atoms with Gasteiger partial charge in [-0.15, -0.1) is 0 Å². The number of methoxy groups -OCH3 is 1. The molecule has 0 fully saturated rings. The molecule has 2 aromatic carbocycles. The van der Waals surface area contributed by atoms with Crippen molar-refractivity contribution in [1.29, 1.82) is 0 Å². The second kappa shape index (κ2) is 6.44. The van der Waals surface area contributed by atoms with Gasteiger partial charge in [0.15, 0.2) is 11.5 Å². The van der Waals surface area contributed by atoms with Crippen molar-refractivity contribution in [2.45, 2.75) is 6.54 Å². The average Bonchev–Trinajstić information content (AvgIpc) is 2.41. The number of nitrogens with one attached hydrogen (secondary N) is 1. The maximum atomic E-state index is 9.67. The van der Waals surface area contributed by atoms with E-state index >= 15 is 0 Å². The molecule has 3 nitrogen and oxygen atoms in total. The van der Waals surface area contributed by atoms with Gasteiger partial charge in [0, 0.05) is 11.6 Å². The molecule has 0 aliphatic carbocycles. The number of phenolic OH excluding ortho intramolecular Hbond substituents is 1. The Morgan fingerprint density at radius 3 is 2.50 bits per heavy atom. The summed E-state index contributed by atoms with van der Waals surface area (Å²) in [4.78, 5) is 0. The molecule has 0 saturated carbocycles. The molecule has 2 N–H and O–H groups in total. The van der Waals surface area contributed by atoms with Gasteiger partial charge in [0.25, 0.3) is 0 Å². The number of hydrogen-bond donors (Lipinski definition) is 2. The van der Waals surface area contributed by atoms with Gasteiger partial charge in [0.1, 0.15) is 0 Å². The van der Waals surface area contributed by atoms with Crippen molar-refractivity contribution in [2.24, 2.45) is 0 Å². The van der Waals surface area contributed by atoms with E-state index in [4.69, 9.17) is 39.5 Å². The number of aromatic hydroxyl groups is 1. The number of phenols is 1. The monoisotopic (exact) mass is 331 g/mol. The summed E-state index contributed by atoms with van der Waals surface area (Å²) in [6, 6.07) is 8.58. The summed E-state index contributed by atoms with van der Waals surface area (Å²) < 4.78 is 5.05. The van der Waals surface area contributed by atoms with Crippen LogP contribution in [0.1, 0.15) is 5.56 Å². The maximum absolute atomic E-state index is 9.67. The van der Waals surface area contributed by atoms with Crippen LogP contribution in [0.15, 0.2) is 30.3 Å². The Morgan fingerprint density at radius 2 is 1.85 bits per heavy atom. The summed E-state index contributed by atoms with van der Waals surface area (Å²) >= 11 is 17.8. The SMILES string of the molecule is COc1cc(CNc2ccc(Cl)cc2Cl)cc(Cl)c1O. The fourth-order valence-electron chi connectivity index (χ4n) is 1.72. The molecule has 0 unspecified atom stereocenters. The van der Waals surface area contributed by atoms with Gasteiger partial charge < -0.3 is 15.2 Å². The molecule has 0 saturated heterocycles. The van der Waals surface area contributed by atoms with Crippen LogP contribution in [-0.4, -0.2) is 12.2 Å². The lowest BCUT2D eigenvalue weighted by Crippen LogP contribution is -2.00. The van der Waals surface area contributed by atoms with E-state index in [0.29, 0.717) is 22.3 Å². The van der Waals surface area contributed by atoms with E-state index in [9.17, 15) is 5.11 Å². The Kier molecular flexibility index (Phi) is 4.86. The molecule has 6 heteroatoms. The fraction of sp³-hybridized carbons (Fsp3) is 0.143. The predicted octanol–water partition coefficient (Wildman–Crippen LogP) is 4.97. The molecule has 0 aliphatic rings. The molecule has 0 atom stereocenters. The Bertz CT molecular complexity index is 632. The molecule has 106 valence electrons. The minimum atomic E-state index is -0.0672. The summed E-state index contributed by atoms with van der Waals surface area (Å²) in [5.74, 6) is 0.263. The summed E-state index contributed by atoms with van der Waals surface area (Å²) in [6.45, 7) is 0.484. The molecule has 0 aromatic heterocycles. The molecule has 2 aromatic rings. The zero-order valence-corrected chi connectivity index (χ0v) is 12.9. The van der Waals surface area contributed by atoms with Crippen LogP contribution in [0, 0.1) is 0 Å². The second-order valence-electron chi connectivity index (χ2n) is 4.11. The van der Waals surface area contributed by atoms with Crippen LogP contribution >= 0.6 is 34.8 Å². The van der Waals surface area contributed by atoms with E-state index in [-0.39, 0.29) is 10.8 Å². The summed E-state index contributed by atoms with van der Waals surface area (Å²) in [6.07, 6.45) is 0. The summed E-state index contributed by atoms with van der Waals surface area (Å²) in [7, 11) is 1.47. The fourth-order valence-corrected chi connectivity index (χ4v) is 2.42. The van der Waals surface area contributed by atoms with Gasteiger partial charge in [-0.25, -0.2) is 0 Å². The van der Waals surface area contributed by atoms with Gasteiger partial charge in [0.2, 0.25) is 0 Å². The van der Waals surface area contributed by atoms with Crippen molar-refractivity contribution < 1.29 is 9.84 Å². The third kappa shape index (κ3) is 3.42. The first-order valence-corrected chi connectivity index (χ1v) is 6.89. The van der Waals surface area contributed by atoms with Gasteiger partial charge in [-0.1, -0.05) is 34.8 Å². The molecule has 0 heterocycles. The highest BCUT2D eigenvalue weighted by Crippen LogP contribution is 2.35. The van der Waals surface area contributed by atoms with Crippen LogP contribution in [0.4, 0.5) is 5.69 Å². The minimum absolute atomic E-state index is 0.0672.